The van der Waals surface area contributed by atoms with Crippen molar-refractivity contribution < 1.29 is 33.0 Å². The number of nitrogens with one attached hydrogen (secondary N) is 2. The molecule has 11 heteroatoms. The standard InChI is InChI=1S/C24H27F3N4O4/c1-24(2,3)21(23(35)28-10-15(33)12-32)29-22(34)19-16-8-9-17(26)18(27)20(16)31(30-19)11-13-4-6-14(25)7-5-13/h4-9,15,21,32-33H,10-12H2,1-3H3,(H,28,35)(H,29,34)/t15?,21-/m1/s1. The van der Waals surface area contributed by atoms with Gasteiger partial charge >= 0.3 is 0 Å². The smallest absolute Gasteiger partial charge is 0.273 e. The monoisotopic (exact) mass is 492 g/mol. The van der Waals surface area contributed by atoms with Crippen molar-refractivity contribution in [2.45, 2.75) is 39.5 Å². The van der Waals surface area contributed by atoms with Crippen LogP contribution in [-0.4, -0.2) is 57.1 Å². The molecular formula is C24H27F3N4O4. The summed E-state index contributed by atoms with van der Waals surface area (Å²) in [5.41, 5.74) is -0.699. The van der Waals surface area contributed by atoms with Crippen molar-refractivity contribution in [3.63, 3.8) is 0 Å². The molecule has 3 aromatic rings. The largest absolute Gasteiger partial charge is 0.394 e. The van der Waals surface area contributed by atoms with Gasteiger partial charge in [-0.05, 0) is 35.2 Å². The van der Waals surface area contributed by atoms with Crippen molar-refractivity contribution in [3.8, 4) is 0 Å². The Bertz CT molecular complexity index is 1220. The average molecular weight is 492 g/mol. The highest BCUT2D eigenvalue weighted by molar-refractivity contribution is 6.06. The highest BCUT2D eigenvalue weighted by Gasteiger charge is 2.34. The molecule has 188 valence electrons. The molecule has 0 saturated heterocycles. The Hall–Kier alpha value is -3.44. The maximum absolute atomic E-state index is 14.8. The Morgan fingerprint density at radius 3 is 2.34 bits per heavy atom. The van der Waals surface area contributed by atoms with Crippen molar-refractivity contribution in [2.24, 2.45) is 5.41 Å². The normalized spacial score (nSPS) is 13.5. The van der Waals surface area contributed by atoms with Crippen LogP contribution >= 0.6 is 0 Å². The Kier molecular flexibility index (Phi) is 7.81. The van der Waals surface area contributed by atoms with Gasteiger partial charge in [-0.2, -0.15) is 5.10 Å². The summed E-state index contributed by atoms with van der Waals surface area (Å²) in [5, 5.41) is 27.7. The number of benzene rings is 2. The van der Waals surface area contributed by atoms with Gasteiger partial charge < -0.3 is 20.8 Å². The summed E-state index contributed by atoms with van der Waals surface area (Å²) in [6, 6.07) is 6.37. The SMILES string of the molecule is CC(C)(C)[C@H](NC(=O)c1nn(Cc2ccc(F)cc2)c2c(F)c(F)ccc12)C(=O)NCC(O)CO. The predicted octanol–water partition coefficient (Wildman–Crippen LogP) is 2.12. The lowest BCUT2D eigenvalue weighted by atomic mass is 9.86. The number of rotatable bonds is 8. The first-order valence-electron chi connectivity index (χ1n) is 10.9. The van der Waals surface area contributed by atoms with Crippen LogP contribution in [-0.2, 0) is 11.3 Å². The maximum atomic E-state index is 14.8. The molecule has 0 fully saturated rings. The van der Waals surface area contributed by atoms with E-state index in [2.05, 4.69) is 15.7 Å². The van der Waals surface area contributed by atoms with Crippen LogP contribution in [0.3, 0.4) is 0 Å². The van der Waals surface area contributed by atoms with Crippen LogP contribution in [0.2, 0.25) is 0 Å². The summed E-state index contributed by atoms with van der Waals surface area (Å²) in [5.74, 6) is -4.19. The van der Waals surface area contributed by atoms with E-state index in [1.54, 1.807) is 20.8 Å². The van der Waals surface area contributed by atoms with Crippen LogP contribution in [0.25, 0.3) is 10.9 Å². The van der Waals surface area contributed by atoms with Crippen LogP contribution in [0.15, 0.2) is 36.4 Å². The molecule has 8 nitrogen and oxygen atoms in total. The van der Waals surface area contributed by atoms with E-state index in [0.29, 0.717) is 5.56 Å². The molecule has 0 aliphatic heterocycles. The minimum Gasteiger partial charge on any atom is -0.394 e. The Labute approximate surface area is 199 Å². The van der Waals surface area contributed by atoms with E-state index >= 15 is 0 Å². The van der Waals surface area contributed by atoms with Gasteiger partial charge in [0.25, 0.3) is 5.91 Å². The zero-order valence-corrected chi connectivity index (χ0v) is 19.5. The lowest BCUT2D eigenvalue weighted by Crippen LogP contribution is -2.54. The van der Waals surface area contributed by atoms with Crippen LogP contribution in [0, 0.1) is 22.9 Å². The molecule has 1 heterocycles. The molecule has 2 atom stereocenters. The lowest BCUT2D eigenvalue weighted by molar-refractivity contribution is -0.125. The second-order valence-electron chi connectivity index (χ2n) is 9.24. The predicted molar refractivity (Wildman–Crippen MR) is 122 cm³/mol. The zero-order valence-electron chi connectivity index (χ0n) is 19.5. The number of halogens is 3. The molecule has 2 amide bonds. The van der Waals surface area contributed by atoms with Gasteiger partial charge in [-0.3, -0.25) is 14.3 Å². The summed E-state index contributed by atoms with van der Waals surface area (Å²) >= 11 is 0. The third kappa shape index (κ3) is 5.98. The number of aliphatic hydroxyl groups is 2. The summed E-state index contributed by atoms with van der Waals surface area (Å²) in [6.07, 6.45) is -1.17. The lowest BCUT2D eigenvalue weighted by Gasteiger charge is -2.30. The van der Waals surface area contributed by atoms with Crippen molar-refractivity contribution in [1.29, 1.82) is 0 Å². The van der Waals surface area contributed by atoms with Gasteiger partial charge in [-0.25, -0.2) is 13.2 Å². The van der Waals surface area contributed by atoms with Crippen LogP contribution in [0.4, 0.5) is 13.2 Å². The van der Waals surface area contributed by atoms with Gasteiger partial charge in [0.05, 0.1) is 19.3 Å². The minimum absolute atomic E-state index is 0.0345. The zero-order chi connectivity index (χ0) is 25.9. The molecule has 0 aliphatic carbocycles. The van der Waals surface area contributed by atoms with Gasteiger partial charge in [-0.15, -0.1) is 0 Å². The molecule has 0 aliphatic rings. The fourth-order valence-electron chi connectivity index (χ4n) is 3.51. The molecule has 0 bridgehead atoms. The number of carbonyl (C=O) groups is 2. The molecule has 1 aromatic heterocycles. The second-order valence-corrected chi connectivity index (χ2v) is 9.24. The van der Waals surface area contributed by atoms with Crippen LogP contribution in [0.1, 0.15) is 36.8 Å². The number of hydrogen-bond acceptors (Lipinski definition) is 5. The second kappa shape index (κ2) is 10.4. The first kappa shape index (κ1) is 26.2. The number of nitrogens with zero attached hydrogens (tertiary/aromatic N) is 2. The minimum atomic E-state index is -1.20. The van der Waals surface area contributed by atoms with Gasteiger partial charge in [0.1, 0.15) is 17.4 Å². The summed E-state index contributed by atoms with van der Waals surface area (Å²) in [4.78, 5) is 25.9. The van der Waals surface area contributed by atoms with Gasteiger partial charge in [0.15, 0.2) is 17.3 Å². The fraction of sp³-hybridized carbons (Fsp3) is 0.375. The highest BCUT2D eigenvalue weighted by atomic mass is 19.2. The molecule has 0 saturated carbocycles. The Balaban J connectivity index is 1.96. The van der Waals surface area contributed by atoms with Crippen LogP contribution < -0.4 is 10.6 Å². The summed E-state index contributed by atoms with van der Waals surface area (Å²) < 4.78 is 43.2. The number of aromatic nitrogens is 2. The topological polar surface area (TPSA) is 116 Å². The van der Waals surface area contributed by atoms with Gasteiger partial charge in [0.2, 0.25) is 5.91 Å². The molecule has 4 N–H and O–H groups in total. The number of hydrogen-bond donors (Lipinski definition) is 4. The molecule has 35 heavy (non-hydrogen) atoms. The average Bonchev–Trinajstić information content (AvgIpc) is 3.17. The van der Waals surface area contributed by atoms with Crippen molar-refractivity contribution >= 4 is 22.7 Å². The third-order valence-electron chi connectivity index (χ3n) is 5.39. The summed E-state index contributed by atoms with van der Waals surface area (Å²) in [7, 11) is 0. The van der Waals surface area contributed by atoms with Crippen LogP contribution in [0.5, 0.6) is 0 Å². The number of aliphatic hydroxyl groups excluding tert-OH is 2. The van der Waals surface area contributed by atoms with Crippen molar-refractivity contribution in [1.82, 2.24) is 20.4 Å². The first-order valence-corrected chi connectivity index (χ1v) is 10.9. The van der Waals surface area contributed by atoms with Gasteiger partial charge in [-0.1, -0.05) is 32.9 Å². The third-order valence-corrected chi connectivity index (χ3v) is 5.39. The molecule has 2 aromatic carbocycles. The Morgan fingerprint density at radius 2 is 1.74 bits per heavy atom. The summed E-state index contributed by atoms with van der Waals surface area (Å²) in [6.45, 7) is 4.29. The fourth-order valence-corrected chi connectivity index (χ4v) is 3.51. The number of amides is 2. The van der Waals surface area contributed by atoms with E-state index < -0.39 is 53.4 Å². The van der Waals surface area contributed by atoms with Gasteiger partial charge in [0, 0.05) is 11.9 Å². The molecule has 0 spiro atoms. The number of carbonyl (C=O) groups excluding carboxylic acids is 2. The van der Waals surface area contributed by atoms with E-state index in [1.165, 1.54) is 30.3 Å². The van der Waals surface area contributed by atoms with E-state index in [4.69, 9.17) is 5.11 Å². The van der Waals surface area contributed by atoms with E-state index in [9.17, 15) is 27.9 Å². The molecule has 3 rings (SSSR count). The van der Waals surface area contributed by atoms with E-state index in [1.807, 2.05) is 0 Å². The first-order chi connectivity index (χ1) is 16.4. The van der Waals surface area contributed by atoms with Crippen molar-refractivity contribution in [3.05, 3.63) is 65.1 Å². The molecular weight excluding hydrogens is 465 g/mol. The quantitative estimate of drug-likeness (QED) is 0.385. The molecule has 1 unspecified atom stereocenters. The number of fused-ring (bicyclic) bond motifs is 1. The highest BCUT2D eigenvalue weighted by Crippen LogP contribution is 2.26. The maximum Gasteiger partial charge on any atom is 0.273 e. The molecule has 0 radical (unpaired) electrons. The van der Waals surface area contributed by atoms with E-state index in [-0.39, 0.29) is 29.7 Å². The van der Waals surface area contributed by atoms with Crippen molar-refractivity contribution in [2.75, 3.05) is 13.2 Å². The van der Waals surface area contributed by atoms with E-state index in [0.717, 1.165) is 10.7 Å². The Morgan fingerprint density at radius 1 is 1.09 bits per heavy atom.